The zero-order valence-corrected chi connectivity index (χ0v) is 11.8. The van der Waals surface area contributed by atoms with Gasteiger partial charge in [-0.25, -0.2) is 9.67 Å². The third kappa shape index (κ3) is 2.19. The van der Waals surface area contributed by atoms with Gasteiger partial charge >= 0.3 is 0 Å². The fourth-order valence-electron chi connectivity index (χ4n) is 2.16. The zero-order chi connectivity index (χ0) is 15.0. The third-order valence-corrected chi connectivity index (χ3v) is 3.29. The summed E-state index contributed by atoms with van der Waals surface area (Å²) >= 11 is 6.00. The van der Waals surface area contributed by atoms with Gasteiger partial charge in [-0.1, -0.05) is 17.7 Å². The summed E-state index contributed by atoms with van der Waals surface area (Å²) < 4.78 is 2.83. The molecule has 0 unspecified atom stereocenters. The quantitative estimate of drug-likeness (QED) is 0.780. The molecular formula is C14H11ClN4O2. The molecule has 21 heavy (non-hydrogen) atoms. The number of hydrogen-bond acceptors (Lipinski definition) is 3. The van der Waals surface area contributed by atoms with Gasteiger partial charge in [0, 0.05) is 30.4 Å². The Hall–Kier alpha value is -2.60. The van der Waals surface area contributed by atoms with Crippen molar-refractivity contribution < 1.29 is 4.79 Å². The van der Waals surface area contributed by atoms with Gasteiger partial charge in [-0.2, -0.15) is 4.52 Å². The molecule has 0 aliphatic rings. The summed E-state index contributed by atoms with van der Waals surface area (Å²) in [6, 6.07) is 9.79. The van der Waals surface area contributed by atoms with E-state index in [-0.39, 0.29) is 11.5 Å². The van der Waals surface area contributed by atoms with Crippen molar-refractivity contribution in [2.24, 2.45) is 0 Å². The lowest BCUT2D eigenvalue weighted by molar-refractivity contribution is 0.0955. The van der Waals surface area contributed by atoms with E-state index in [1.165, 1.54) is 28.5 Å². The average Bonchev–Trinajstić information content (AvgIpc) is 2.87. The molecule has 0 aliphatic carbocycles. The average molecular weight is 303 g/mol. The summed E-state index contributed by atoms with van der Waals surface area (Å²) in [4.78, 5) is 28.3. The van der Waals surface area contributed by atoms with Gasteiger partial charge < -0.3 is 5.32 Å². The Labute approximate surface area is 124 Å². The van der Waals surface area contributed by atoms with E-state index in [9.17, 15) is 9.59 Å². The summed E-state index contributed by atoms with van der Waals surface area (Å²) in [5.74, 6) is -0.320. The Morgan fingerprint density at radius 3 is 2.81 bits per heavy atom. The van der Waals surface area contributed by atoms with E-state index in [0.717, 1.165) is 0 Å². The Balaban J connectivity index is 2.43. The second-order valence-corrected chi connectivity index (χ2v) is 4.79. The van der Waals surface area contributed by atoms with E-state index >= 15 is 0 Å². The Kier molecular flexibility index (Phi) is 3.23. The Morgan fingerprint density at radius 1 is 1.29 bits per heavy atom. The number of fused-ring (bicyclic) bond motifs is 1. The number of rotatable bonds is 2. The number of aromatic nitrogens is 3. The van der Waals surface area contributed by atoms with Gasteiger partial charge in [-0.15, -0.1) is 0 Å². The van der Waals surface area contributed by atoms with Crippen molar-refractivity contribution in [2.45, 2.75) is 0 Å². The topological polar surface area (TPSA) is 68.4 Å². The SMILES string of the molecule is CNC(=O)c1cc2nccc(=O)n2n1-c1cccc(Cl)c1. The normalized spacial score (nSPS) is 10.8. The molecule has 1 N–H and O–H groups in total. The minimum Gasteiger partial charge on any atom is -0.354 e. The highest BCUT2D eigenvalue weighted by atomic mass is 35.5. The molecule has 106 valence electrons. The predicted molar refractivity (Wildman–Crippen MR) is 79.2 cm³/mol. The first kappa shape index (κ1) is 13.4. The molecule has 0 saturated carbocycles. The molecule has 1 aromatic carbocycles. The molecule has 0 fully saturated rings. The van der Waals surface area contributed by atoms with Crippen LogP contribution in [0, 0.1) is 0 Å². The lowest BCUT2D eigenvalue weighted by atomic mass is 10.3. The molecule has 7 heteroatoms. The lowest BCUT2D eigenvalue weighted by Gasteiger charge is -2.10. The molecule has 0 radical (unpaired) electrons. The van der Waals surface area contributed by atoms with Gasteiger partial charge in [0.1, 0.15) is 5.69 Å². The van der Waals surface area contributed by atoms with Gasteiger partial charge in [0.05, 0.1) is 5.69 Å². The molecule has 2 heterocycles. The summed E-state index contributed by atoms with van der Waals surface area (Å²) in [6.07, 6.45) is 1.41. The summed E-state index contributed by atoms with van der Waals surface area (Å²) in [5, 5.41) is 3.06. The highest BCUT2D eigenvalue weighted by Gasteiger charge is 2.17. The van der Waals surface area contributed by atoms with Crippen LogP contribution in [0.15, 0.2) is 47.4 Å². The highest BCUT2D eigenvalue weighted by Crippen LogP contribution is 2.18. The fourth-order valence-corrected chi connectivity index (χ4v) is 2.34. The van der Waals surface area contributed by atoms with Crippen LogP contribution in [-0.4, -0.2) is 27.1 Å². The maximum absolute atomic E-state index is 12.1. The van der Waals surface area contributed by atoms with Crippen LogP contribution in [0.2, 0.25) is 5.02 Å². The van der Waals surface area contributed by atoms with Gasteiger partial charge in [-0.3, -0.25) is 9.59 Å². The summed E-state index contributed by atoms with van der Waals surface area (Å²) in [6.45, 7) is 0. The van der Waals surface area contributed by atoms with E-state index < -0.39 is 0 Å². The number of benzene rings is 1. The minimum atomic E-state index is -0.320. The van der Waals surface area contributed by atoms with Crippen LogP contribution in [0.1, 0.15) is 10.5 Å². The van der Waals surface area contributed by atoms with Gasteiger partial charge in [0.15, 0.2) is 5.65 Å². The molecule has 2 aromatic heterocycles. The first-order valence-corrected chi connectivity index (χ1v) is 6.57. The number of carbonyl (C=O) groups excluding carboxylic acids is 1. The Bertz CT molecular complexity index is 897. The number of carbonyl (C=O) groups is 1. The Morgan fingerprint density at radius 2 is 2.10 bits per heavy atom. The number of nitrogens with one attached hydrogen (secondary N) is 1. The summed E-state index contributed by atoms with van der Waals surface area (Å²) in [7, 11) is 1.53. The van der Waals surface area contributed by atoms with Crippen molar-refractivity contribution in [2.75, 3.05) is 7.05 Å². The molecular weight excluding hydrogens is 292 g/mol. The second-order valence-electron chi connectivity index (χ2n) is 4.35. The maximum Gasteiger partial charge on any atom is 0.273 e. The van der Waals surface area contributed by atoms with Crippen molar-refractivity contribution in [1.82, 2.24) is 19.5 Å². The lowest BCUT2D eigenvalue weighted by Crippen LogP contribution is -2.25. The van der Waals surface area contributed by atoms with Crippen LogP contribution >= 0.6 is 11.6 Å². The molecule has 3 aromatic rings. The minimum absolute atomic E-state index is 0.282. The van der Waals surface area contributed by atoms with E-state index in [0.29, 0.717) is 22.1 Å². The molecule has 0 spiro atoms. The van der Waals surface area contributed by atoms with E-state index in [1.807, 2.05) is 0 Å². The third-order valence-electron chi connectivity index (χ3n) is 3.06. The van der Waals surface area contributed by atoms with Crippen molar-refractivity contribution in [1.29, 1.82) is 0 Å². The molecule has 0 aliphatic heterocycles. The van der Waals surface area contributed by atoms with Crippen LogP contribution in [0.5, 0.6) is 0 Å². The number of amides is 1. The maximum atomic E-state index is 12.1. The van der Waals surface area contributed by atoms with Gasteiger partial charge in [-0.05, 0) is 18.2 Å². The summed E-state index contributed by atoms with van der Waals surface area (Å²) in [5.41, 5.74) is 1.01. The number of nitrogens with zero attached hydrogens (tertiary/aromatic N) is 3. The van der Waals surface area contributed by atoms with Crippen LogP contribution < -0.4 is 10.9 Å². The largest absolute Gasteiger partial charge is 0.354 e. The first-order valence-electron chi connectivity index (χ1n) is 6.19. The van der Waals surface area contributed by atoms with Crippen LogP contribution in [0.3, 0.4) is 0 Å². The fraction of sp³-hybridized carbons (Fsp3) is 0.0714. The van der Waals surface area contributed by atoms with E-state index in [1.54, 1.807) is 30.3 Å². The first-order chi connectivity index (χ1) is 10.1. The van der Waals surface area contributed by atoms with Crippen LogP contribution in [-0.2, 0) is 0 Å². The number of hydrogen-bond donors (Lipinski definition) is 1. The molecule has 1 amide bonds. The molecule has 0 atom stereocenters. The monoisotopic (exact) mass is 302 g/mol. The van der Waals surface area contributed by atoms with Gasteiger partial charge in [0.2, 0.25) is 0 Å². The van der Waals surface area contributed by atoms with Crippen molar-refractivity contribution in [3.05, 3.63) is 63.7 Å². The number of halogens is 1. The van der Waals surface area contributed by atoms with Crippen molar-refractivity contribution in [3.8, 4) is 5.69 Å². The van der Waals surface area contributed by atoms with E-state index in [2.05, 4.69) is 10.3 Å². The van der Waals surface area contributed by atoms with Crippen LogP contribution in [0.4, 0.5) is 0 Å². The van der Waals surface area contributed by atoms with Gasteiger partial charge in [0.25, 0.3) is 11.5 Å². The molecule has 0 bridgehead atoms. The zero-order valence-electron chi connectivity index (χ0n) is 11.1. The molecule has 3 rings (SSSR count). The highest BCUT2D eigenvalue weighted by molar-refractivity contribution is 6.30. The standard InChI is InChI=1S/C14H11ClN4O2/c1-16-14(21)11-8-12-17-6-5-13(20)19(12)18(11)10-4-2-3-9(15)7-10/h2-8H,1H3,(H,16,21). The molecule has 0 saturated heterocycles. The molecule has 6 nitrogen and oxygen atoms in total. The second kappa shape index (κ2) is 5.06. The van der Waals surface area contributed by atoms with Crippen molar-refractivity contribution in [3.63, 3.8) is 0 Å². The van der Waals surface area contributed by atoms with Crippen LogP contribution in [0.25, 0.3) is 11.3 Å². The van der Waals surface area contributed by atoms with Crippen molar-refractivity contribution >= 4 is 23.2 Å². The van der Waals surface area contributed by atoms with E-state index in [4.69, 9.17) is 11.6 Å². The predicted octanol–water partition coefficient (Wildman–Crippen LogP) is 1.50. The smallest absolute Gasteiger partial charge is 0.273 e.